The number of anilines is 2. The number of hydrogen-bond donors (Lipinski definition) is 1. The normalized spacial score (nSPS) is 10.3. The van der Waals surface area contributed by atoms with Gasteiger partial charge in [-0.05, 0) is 48.9 Å². The second kappa shape index (κ2) is 8.85. The van der Waals surface area contributed by atoms with Crippen LogP contribution in [0.1, 0.15) is 23.0 Å². The average molecular weight is 361 g/mol. The fourth-order valence-electron chi connectivity index (χ4n) is 2.76. The summed E-state index contributed by atoms with van der Waals surface area (Å²) in [6.45, 7) is 3.15. The van der Waals surface area contributed by atoms with Gasteiger partial charge in [-0.25, -0.2) is 0 Å². The van der Waals surface area contributed by atoms with Gasteiger partial charge >= 0.3 is 0 Å². The van der Waals surface area contributed by atoms with E-state index in [9.17, 15) is 4.79 Å². The maximum Gasteiger partial charge on any atom is 0.272 e. The van der Waals surface area contributed by atoms with Crippen LogP contribution in [-0.4, -0.2) is 29.4 Å². The number of nitrogens with zero attached hydrogens (tertiary/aromatic N) is 2. The quantitative estimate of drug-likeness (QED) is 0.673. The molecule has 138 valence electrons. The molecule has 0 saturated heterocycles. The molecular weight excluding hydrogens is 338 g/mol. The van der Waals surface area contributed by atoms with Crippen molar-refractivity contribution in [3.8, 4) is 5.75 Å². The molecule has 3 aromatic rings. The number of hydrogen-bond acceptors (Lipinski definition) is 4. The number of benzene rings is 2. The summed E-state index contributed by atoms with van der Waals surface area (Å²) in [6.07, 6.45) is 1.65. The molecule has 0 bridgehead atoms. The van der Waals surface area contributed by atoms with E-state index in [1.165, 1.54) is 0 Å². The van der Waals surface area contributed by atoms with Gasteiger partial charge in [-0.15, -0.1) is 0 Å². The lowest BCUT2D eigenvalue weighted by Crippen LogP contribution is -2.31. The third kappa shape index (κ3) is 4.85. The number of amides is 1. The van der Waals surface area contributed by atoms with Crippen molar-refractivity contribution in [1.29, 1.82) is 0 Å². The van der Waals surface area contributed by atoms with Gasteiger partial charge in [0.05, 0.1) is 7.11 Å². The maximum atomic E-state index is 12.9. The van der Waals surface area contributed by atoms with Crippen LogP contribution < -0.4 is 10.1 Å². The number of carbonyl (C=O) groups is 1. The van der Waals surface area contributed by atoms with Crippen molar-refractivity contribution in [3.63, 3.8) is 0 Å². The molecule has 5 nitrogen and oxygen atoms in total. The van der Waals surface area contributed by atoms with Gasteiger partial charge in [0, 0.05) is 30.7 Å². The van der Waals surface area contributed by atoms with Crippen LogP contribution in [0, 0.1) is 0 Å². The molecule has 0 unspecified atom stereocenters. The third-order valence-corrected chi connectivity index (χ3v) is 4.24. The molecule has 1 heterocycles. The molecule has 0 atom stereocenters. The first kappa shape index (κ1) is 18.5. The molecule has 0 spiro atoms. The highest BCUT2D eigenvalue weighted by Crippen LogP contribution is 2.20. The average Bonchev–Trinajstić information content (AvgIpc) is 2.73. The number of ether oxygens (including phenoxy) is 1. The summed E-state index contributed by atoms with van der Waals surface area (Å²) in [4.78, 5) is 18.9. The van der Waals surface area contributed by atoms with Gasteiger partial charge in [-0.1, -0.05) is 30.3 Å². The van der Waals surface area contributed by atoms with Gasteiger partial charge in [0.1, 0.15) is 11.4 Å². The molecule has 0 radical (unpaired) electrons. The highest BCUT2D eigenvalue weighted by atomic mass is 16.5. The molecule has 0 aliphatic heterocycles. The second-order valence-corrected chi connectivity index (χ2v) is 6.09. The van der Waals surface area contributed by atoms with Crippen molar-refractivity contribution in [3.05, 3.63) is 84.2 Å². The Balaban J connectivity index is 1.73. The highest BCUT2D eigenvalue weighted by Gasteiger charge is 2.16. The van der Waals surface area contributed by atoms with E-state index in [1.54, 1.807) is 24.3 Å². The molecule has 1 amide bonds. The Bertz CT molecular complexity index is 880. The maximum absolute atomic E-state index is 12.9. The summed E-state index contributed by atoms with van der Waals surface area (Å²) in [6, 6.07) is 21.2. The van der Waals surface area contributed by atoms with Crippen molar-refractivity contribution >= 4 is 17.3 Å². The minimum absolute atomic E-state index is 0.0836. The summed E-state index contributed by atoms with van der Waals surface area (Å²) in [5.41, 5.74) is 3.25. The van der Waals surface area contributed by atoms with Crippen LogP contribution in [0.4, 0.5) is 11.4 Å². The zero-order valence-corrected chi connectivity index (χ0v) is 15.6. The van der Waals surface area contributed by atoms with Crippen LogP contribution in [0.15, 0.2) is 72.9 Å². The Morgan fingerprint density at radius 3 is 2.44 bits per heavy atom. The third-order valence-electron chi connectivity index (χ3n) is 4.24. The SMILES string of the molecule is CCN(Cc1ccccc1)C(=O)c1cc(Nc2ccc(OC)cc2)ccn1. The summed E-state index contributed by atoms with van der Waals surface area (Å²) in [5, 5.41) is 3.29. The largest absolute Gasteiger partial charge is 0.497 e. The van der Waals surface area contributed by atoms with Crippen molar-refractivity contribution < 1.29 is 9.53 Å². The topological polar surface area (TPSA) is 54.5 Å². The van der Waals surface area contributed by atoms with Crippen LogP contribution in [0.3, 0.4) is 0 Å². The molecular formula is C22H23N3O2. The van der Waals surface area contributed by atoms with Gasteiger partial charge in [-0.3, -0.25) is 9.78 Å². The van der Waals surface area contributed by atoms with E-state index < -0.39 is 0 Å². The number of pyridine rings is 1. The Labute approximate surface area is 159 Å². The van der Waals surface area contributed by atoms with Gasteiger partial charge in [-0.2, -0.15) is 0 Å². The molecule has 3 rings (SSSR count). The van der Waals surface area contributed by atoms with E-state index in [-0.39, 0.29) is 5.91 Å². The predicted molar refractivity (Wildman–Crippen MR) is 107 cm³/mol. The standard InChI is InChI=1S/C22H23N3O2/c1-3-25(16-17-7-5-4-6-8-17)22(26)21-15-19(13-14-23-21)24-18-9-11-20(27-2)12-10-18/h4-15H,3,16H2,1-2H3,(H,23,24). The fraction of sp³-hybridized carbons (Fsp3) is 0.182. The van der Waals surface area contributed by atoms with Crippen molar-refractivity contribution in [2.75, 3.05) is 19.0 Å². The van der Waals surface area contributed by atoms with E-state index in [2.05, 4.69) is 10.3 Å². The number of carbonyl (C=O) groups excluding carboxylic acids is 1. The van der Waals surface area contributed by atoms with Crippen LogP contribution in [-0.2, 0) is 6.54 Å². The van der Waals surface area contributed by atoms with E-state index in [0.29, 0.717) is 18.8 Å². The number of methoxy groups -OCH3 is 1. The molecule has 0 aliphatic carbocycles. The summed E-state index contributed by atoms with van der Waals surface area (Å²) >= 11 is 0. The second-order valence-electron chi connectivity index (χ2n) is 6.09. The molecule has 0 aliphatic rings. The molecule has 0 saturated carbocycles. The van der Waals surface area contributed by atoms with Crippen LogP contribution in [0.25, 0.3) is 0 Å². The lowest BCUT2D eigenvalue weighted by atomic mass is 10.2. The van der Waals surface area contributed by atoms with Crippen LogP contribution in [0.5, 0.6) is 5.75 Å². The molecule has 5 heteroatoms. The van der Waals surface area contributed by atoms with E-state index in [0.717, 1.165) is 22.7 Å². The first-order chi connectivity index (χ1) is 13.2. The van der Waals surface area contributed by atoms with Crippen LogP contribution in [0.2, 0.25) is 0 Å². The molecule has 0 fully saturated rings. The molecule has 2 aromatic carbocycles. The van der Waals surface area contributed by atoms with Gasteiger partial charge in [0.15, 0.2) is 0 Å². The minimum Gasteiger partial charge on any atom is -0.497 e. The Morgan fingerprint density at radius 1 is 1.04 bits per heavy atom. The van der Waals surface area contributed by atoms with Gasteiger partial charge in [0.2, 0.25) is 0 Å². The van der Waals surface area contributed by atoms with Crippen LogP contribution >= 0.6 is 0 Å². The van der Waals surface area contributed by atoms with Crippen molar-refractivity contribution in [2.45, 2.75) is 13.5 Å². The lowest BCUT2D eigenvalue weighted by Gasteiger charge is -2.21. The number of nitrogens with one attached hydrogen (secondary N) is 1. The van der Waals surface area contributed by atoms with Crippen molar-refractivity contribution in [2.24, 2.45) is 0 Å². The fourth-order valence-corrected chi connectivity index (χ4v) is 2.76. The molecule has 27 heavy (non-hydrogen) atoms. The summed E-state index contributed by atoms with van der Waals surface area (Å²) in [5.74, 6) is 0.713. The van der Waals surface area contributed by atoms with E-state index in [4.69, 9.17) is 4.74 Å². The summed E-state index contributed by atoms with van der Waals surface area (Å²) < 4.78 is 5.17. The Kier molecular flexibility index (Phi) is 6.05. The molecule has 1 N–H and O–H groups in total. The van der Waals surface area contributed by atoms with Gasteiger partial charge < -0.3 is 15.0 Å². The number of aromatic nitrogens is 1. The zero-order chi connectivity index (χ0) is 19.1. The predicted octanol–water partition coefficient (Wildman–Crippen LogP) is 4.50. The highest BCUT2D eigenvalue weighted by molar-refractivity contribution is 5.93. The minimum atomic E-state index is -0.0836. The number of rotatable bonds is 7. The monoisotopic (exact) mass is 361 g/mol. The first-order valence-electron chi connectivity index (χ1n) is 8.90. The lowest BCUT2D eigenvalue weighted by molar-refractivity contribution is 0.0746. The van der Waals surface area contributed by atoms with Crippen molar-refractivity contribution in [1.82, 2.24) is 9.88 Å². The molecule has 1 aromatic heterocycles. The summed E-state index contributed by atoms with van der Waals surface area (Å²) in [7, 11) is 1.64. The van der Waals surface area contributed by atoms with E-state index in [1.807, 2.05) is 67.6 Å². The Morgan fingerprint density at radius 2 is 1.78 bits per heavy atom. The Hall–Kier alpha value is -3.34. The zero-order valence-electron chi connectivity index (χ0n) is 15.6. The smallest absolute Gasteiger partial charge is 0.272 e. The van der Waals surface area contributed by atoms with E-state index >= 15 is 0 Å². The first-order valence-corrected chi connectivity index (χ1v) is 8.90. The van der Waals surface area contributed by atoms with Gasteiger partial charge in [0.25, 0.3) is 5.91 Å².